The van der Waals surface area contributed by atoms with Gasteiger partial charge in [0.2, 0.25) is 0 Å². The average Bonchev–Trinajstić information content (AvgIpc) is 2.67. The van der Waals surface area contributed by atoms with Crippen LogP contribution in [0.1, 0.15) is 27.7 Å². The summed E-state index contributed by atoms with van der Waals surface area (Å²) in [6, 6.07) is 8.86. The zero-order valence-electron chi connectivity index (χ0n) is 17.5. The van der Waals surface area contributed by atoms with Crippen LogP contribution in [0.2, 0.25) is 0 Å². The Kier molecular flexibility index (Phi) is 6.10. The van der Waals surface area contributed by atoms with Gasteiger partial charge in [-0.05, 0) is 57.5 Å². The first-order valence-electron chi connectivity index (χ1n) is 9.56. The van der Waals surface area contributed by atoms with Crippen LogP contribution >= 0.6 is 0 Å². The molecule has 8 heteroatoms. The maximum atomic E-state index is 13.1. The Morgan fingerprint density at radius 1 is 1.10 bits per heavy atom. The smallest absolute Gasteiger partial charge is 0.408 e. The minimum Gasteiger partial charge on any atom is -0.463 e. The molecule has 1 amide bonds. The van der Waals surface area contributed by atoms with E-state index < -0.39 is 29.5 Å². The predicted molar refractivity (Wildman–Crippen MR) is 112 cm³/mol. The van der Waals surface area contributed by atoms with Crippen molar-refractivity contribution in [2.75, 3.05) is 0 Å². The van der Waals surface area contributed by atoms with E-state index in [1.54, 1.807) is 20.8 Å². The minimum atomic E-state index is -0.960. The molecule has 7 nitrogen and oxygen atoms in total. The first kappa shape index (κ1) is 22.0. The Labute approximate surface area is 177 Å². The van der Waals surface area contributed by atoms with Gasteiger partial charge in [-0.1, -0.05) is 12.1 Å². The van der Waals surface area contributed by atoms with Crippen molar-refractivity contribution in [1.82, 2.24) is 5.32 Å². The molecule has 0 aliphatic heterocycles. The second-order valence-electron chi connectivity index (χ2n) is 7.93. The topological polar surface area (TPSA) is 94.8 Å². The Balaban J connectivity index is 1.76. The van der Waals surface area contributed by atoms with Gasteiger partial charge in [0.05, 0.1) is 10.9 Å². The van der Waals surface area contributed by atoms with Crippen LogP contribution < -0.4 is 15.5 Å². The minimum absolute atomic E-state index is 0.146. The van der Waals surface area contributed by atoms with Gasteiger partial charge in [-0.3, -0.25) is 4.79 Å². The van der Waals surface area contributed by atoms with Crippen LogP contribution in [0.3, 0.4) is 0 Å². The van der Waals surface area contributed by atoms with E-state index >= 15 is 0 Å². The summed E-state index contributed by atoms with van der Waals surface area (Å²) in [4.78, 5) is 36.8. The summed E-state index contributed by atoms with van der Waals surface area (Å²) in [5.74, 6) is -0.973. The number of alkyl carbamates (subject to hydrolysis) is 1. The van der Waals surface area contributed by atoms with Crippen LogP contribution in [0.25, 0.3) is 22.1 Å². The van der Waals surface area contributed by atoms with Gasteiger partial charge in [0, 0.05) is 6.07 Å². The summed E-state index contributed by atoms with van der Waals surface area (Å²) >= 11 is 0. The number of hydrogen-bond donors (Lipinski definition) is 1. The first-order chi connectivity index (χ1) is 14.5. The number of fused-ring (bicyclic) bond motifs is 1. The molecule has 31 heavy (non-hydrogen) atoms. The summed E-state index contributed by atoms with van der Waals surface area (Å²) in [7, 11) is 0. The van der Waals surface area contributed by atoms with Crippen molar-refractivity contribution < 1.29 is 27.9 Å². The number of carbonyl (C=O) groups excluding carboxylic acids is 2. The Morgan fingerprint density at radius 3 is 2.42 bits per heavy atom. The van der Waals surface area contributed by atoms with Crippen LogP contribution in [0.4, 0.5) is 9.18 Å². The van der Waals surface area contributed by atoms with Gasteiger partial charge in [-0.15, -0.1) is 0 Å². The number of amides is 1. The lowest BCUT2D eigenvalue weighted by atomic mass is 10.1. The molecule has 1 atom stereocenters. The molecule has 162 valence electrons. The highest BCUT2D eigenvalue weighted by molar-refractivity contribution is 5.85. The van der Waals surface area contributed by atoms with Crippen LogP contribution in [0.15, 0.2) is 57.9 Å². The summed E-state index contributed by atoms with van der Waals surface area (Å²) in [6.07, 6.45) is 0.533. The summed E-state index contributed by atoms with van der Waals surface area (Å²) in [5.41, 5.74) is 0.0257. The second kappa shape index (κ2) is 8.59. The van der Waals surface area contributed by atoms with Crippen molar-refractivity contribution in [3.8, 4) is 16.9 Å². The molecule has 0 aliphatic carbocycles. The zero-order valence-corrected chi connectivity index (χ0v) is 17.5. The molecular weight excluding hydrogens is 405 g/mol. The van der Waals surface area contributed by atoms with Gasteiger partial charge in [0.15, 0.2) is 5.43 Å². The standard InChI is InChI=1S/C23H22FNO6/c1-13(25-22(28)31-23(2,3)4)21(27)30-16-9-10-17-19(11-16)29-12-18(20(17)26)14-5-7-15(24)8-6-14/h5-13H,1-4H3,(H,25,28). The maximum Gasteiger partial charge on any atom is 0.408 e. The molecule has 0 bridgehead atoms. The molecule has 1 heterocycles. The highest BCUT2D eigenvalue weighted by Gasteiger charge is 2.22. The number of rotatable bonds is 4. The van der Waals surface area contributed by atoms with Gasteiger partial charge in [-0.2, -0.15) is 0 Å². The molecule has 1 unspecified atom stereocenters. The SMILES string of the molecule is CC(NC(=O)OC(C)(C)C)C(=O)Oc1ccc2c(=O)c(-c3ccc(F)cc3)coc2c1. The fraction of sp³-hybridized carbons (Fsp3) is 0.261. The van der Waals surface area contributed by atoms with Crippen molar-refractivity contribution in [1.29, 1.82) is 0 Å². The van der Waals surface area contributed by atoms with Crippen LogP contribution in [-0.4, -0.2) is 23.7 Å². The van der Waals surface area contributed by atoms with Gasteiger partial charge in [0.1, 0.15) is 35.1 Å². The second-order valence-corrected chi connectivity index (χ2v) is 7.93. The molecule has 0 radical (unpaired) electrons. The van der Waals surface area contributed by atoms with Crippen LogP contribution in [0.5, 0.6) is 5.75 Å². The summed E-state index contributed by atoms with van der Waals surface area (Å²) < 4.78 is 29.0. The van der Waals surface area contributed by atoms with E-state index in [0.29, 0.717) is 5.56 Å². The van der Waals surface area contributed by atoms with Crippen LogP contribution in [-0.2, 0) is 9.53 Å². The zero-order chi connectivity index (χ0) is 22.8. The van der Waals surface area contributed by atoms with Crippen molar-refractivity contribution in [2.24, 2.45) is 0 Å². The fourth-order valence-electron chi connectivity index (χ4n) is 2.75. The predicted octanol–water partition coefficient (Wildman–Crippen LogP) is 4.42. The third-order valence-corrected chi connectivity index (χ3v) is 4.21. The number of nitrogens with one attached hydrogen (secondary N) is 1. The lowest BCUT2D eigenvalue weighted by Gasteiger charge is -2.21. The quantitative estimate of drug-likeness (QED) is 0.489. The normalized spacial score (nSPS) is 12.3. The van der Waals surface area contributed by atoms with Gasteiger partial charge < -0.3 is 19.2 Å². The molecule has 0 fully saturated rings. The monoisotopic (exact) mass is 427 g/mol. The van der Waals surface area contributed by atoms with E-state index in [1.807, 2.05) is 0 Å². The van der Waals surface area contributed by atoms with Crippen molar-refractivity contribution in [3.63, 3.8) is 0 Å². The molecule has 3 aromatic rings. The number of halogens is 1. The first-order valence-corrected chi connectivity index (χ1v) is 9.56. The molecule has 1 aromatic heterocycles. The van der Waals surface area contributed by atoms with Crippen LogP contribution in [0, 0.1) is 5.82 Å². The van der Waals surface area contributed by atoms with E-state index in [2.05, 4.69) is 5.32 Å². The van der Waals surface area contributed by atoms with Gasteiger partial charge in [-0.25, -0.2) is 14.0 Å². The van der Waals surface area contributed by atoms with E-state index in [4.69, 9.17) is 13.9 Å². The third kappa shape index (κ3) is 5.48. The van der Waals surface area contributed by atoms with E-state index in [1.165, 1.54) is 55.7 Å². The van der Waals surface area contributed by atoms with E-state index in [-0.39, 0.29) is 27.7 Å². The molecule has 2 aromatic carbocycles. The molecular formula is C23H22FNO6. The summed E-state index contributed by atoms with van der Waals surface area (Å²) in [5, 5.41) is 2.68. The van der Waals surface area contributed by atoms with E-state index in [0.717, 1.165) is 0 Å². The van der Waals surface area contributed by atoms with E-state index in [9.17, 15) is 18.8 Å². The summed E-state index contributed by atoms with van der Waals surface area (Å²) in [6.45, 7) is 6.59. The Bertz CT molecular complexity index is 1180. The lowest BCUT2D eigenvalue weighted by molar-refractivity contribution is -0.136. The largest absolute Gasteiger partial charge is 0.463 e. The number of benzene rings is 2. The lowest BCUT2D eigenvalue weighted by Crippen LogP contribution is -2.43. The van der Waals surface area contributed by atoms with Gasteiger partial charge in [0.25, 0.3) is 0 Å². The molecule has 3 rings (SSSR count). The van der Waals surface area contributed by atoms with Gasteiger partial charge >= 0.3 is 12.1 Å². The third-order valence-electron chi connectivity index (χ3n) is 4.21. The maximum absolute atomic E-state index is 13.1. The highest BCUT2D eigenvalue weighted by Crippen LogP contribution is 2.23. The Morgan fingerprint density at radius 2 is 1.77 bits per heavy atom. The molecule has 0 saturated heterocycles. The molecule has 1 N–H and O–H groups in total. The number of carbonyl (C=O) groups is 2. The molecule has 0 saturated carbocycles. The fourth-order valence-corrected chi connectivity index (χ4v) is 2.75. The number of ether oxygens (including phenoxy) is 2. The average molecular weight is 427 g/mol. The van der Waals surface area contributed by atoms with Crippen molar-refractivity contribution >= 4 is 23.0 Å². The number of hydrogen-bond acceptors (Lipinski definition) is 6. The van der Waals surface area contributed by atoms with Crippen molar-refractivity contribution in [2.45, 2.75) is 39.3 Å². The molecule has 0 spiro atoms. The number of esters is 1. The molecule has 0 aliphatic rings. The van der Waals surface area contributed by atoms with Crippen molar-refractivity contribution in [3.05, 3.63) is 64.8 Å². The highest BCUT2D eigenvalue weighted by atomic mass is 19.1. The Hall–Kier alpha value is -3.68.